The summed E-state index contributed by atoms with van der Waals surface area (Å²) in [6, 6.07) is 31.7. The van der Waals surface area contributed by atoms with Gasteiger partial charge in [-0.2, -0.15) is 0 Å². The zero-order valence-corrected chi connectivity index (χ0v) is 12.9. The monoisotopic (exact) mass is 300 g/mol. The van der Waals surface area contributed by atoms with Gasteiger partial charge in [-0.1, -0.05) is 97.9 Å². The predicted octanol–water partition coefficient (Wildman–Crippen LogP) is 4.95. The minimum Gasteiger partial charge on any atom is -0.0616 e. The molecule has 4 rings (SSSR count). The van der Waals surface area contributed by atoms with Crippen molar-refractivity contribution >= 4 is 59.3 Å². The quantitative estimate of drug-likeness (QED) is 0.437. The maximum Gasteiger partial charge on any atom is -0.0184 e. The van der Waals surface area contributed by atoms with Crippen LogP contribution in [0.3, 0.4) is 0 Å². The van der Waals surface area contributed by atoms with Crippen LogP contribution < -0.4 is 0 Å². The molecule has 0 unspecified atom stereocenters. The second kappa shape index (κ2) is 10.5. The molecule has 2 heteroatoms. The number of aryl methyl sites for hydroxylation is 1. The Kier molecular flexibility index (Phi) is 8.99. The normalized spacial score (nSPS) is 9.38. The van der Waals surface area contributed by atoms with Gasteiger partial charge >= 0.3 is 37.7 Å². The second-order valence-electron chi connectivity index (χ2n) is 5.34. The van der Waals surface area contributed by atoms with Crippen LogP contribution in [0.2, 0.25) is 0 Å². The van der Waals surface area contributed by atoms with Crippen LogP contribution in [0.1, 0.15) is 12.5 Å². The van der Waals surface area contributed by atoms with Gasteiger partial charge in [-0.05, 0) is 33.5 Å². The molecule has 0 amide bonds. The third-order valence-electron chi connectivity index (χ3n) is 3.92. The zero-order valence-electron chi connectivity index (χ0n) is 12.9. The van der Waals surface area contributed by atoms with E-state index in [1.165, 1.54) is 27.1 Å². The van der Waals surface area contributed by atoms with Crippen LogP contribution in [0.5, 0.6) is 0 Å². The van der Waals surface area contributed by atoms with Crippen LogP contribution in [0.25, 0.3) is 21.5 Å². The third-order valence-corrected chi connectivity index (χ3v) is 3.92. The minimum atomic E-state index is 0. The fourth-order valence-electron chi connectivity index (χ4n) is 2.73. The maximum absolute atomic E-state index is 2.20. The van der Waals surface area contributed by atoms with Crippen LogP contribution in [0.4, 0.5) is 0 Å². The molecule has 112 valence electrons. The Morgan fingerprint density at radius 3 is 1.42 bits per heavy atom. The summed E-state index contributed by atoms with van der Waals surface area (Å²) in [6.45, 7) is 2.20. The number of benzene rings is 4. The fourth-order valence-corrected chi connectivity index (χ4v) is 2.73. The van der Waals surface area contributed by atoms with Crippen molar-refractivity contribution in [1.29, 1.82) is 0 Å². The van der Waals surface area contributed by atoms with Crippen molar-refractivity contribution in [1.82, 2.24) is 0 Å². The molecule has 4 aromatic carbocycles. The molecule has 0 spiro atoms. The first-order chi connectivity index (χ1) is 10.9. The van der Waals surface area contributed by atoms with E-state index in [1.807, 2.05) is 0 Å². The first-order valence-electron chi connectivity index (χ1n) is 7.79. The van der Waals surface area contributed by atoms with Gasteiger partial charge in [0, 0.05) is 0 Å². The summed E-state index contributed by atoms with van der Waals surface area (Å²) in [5.41, 5.74) is 1.44. The Morgan fingerprint density at radius 2 is 0.917 bits per heavy atom. The second-order valence-corrected chi connectivity index (χ2v) is 5.34. The van der Waals surface area contributed by atoms with Crippen LogP contribution in [-0.4, -0.2) is 37.7 Å². The SMILES string of the molecule is CCc1cccc2ccccc12.[LiH].[LiH].c1ccc2ccccc2c1. The van der Waals surface area contributed by atoms with Gasteiger partial charge < -0.3 is 0 Å². The molecular formula is C22H22Li2. The molecule has 0 heterocycles. The number of hydrogen-bond donors (Lipinski definition) is 0. The molecule has 0 bridgehead atoms. The minimum absolute atomic E-state index is 0. The standard InChI is InChI=1S/C12H12.C10H8.2Li.2H/c1-2-10-7-5-8-11-6-3-4-9-12(10)11;1-2-6-10-8-4-3-7-9(10)5-1;;;;/h3-9H,2H2,1H3;1-8H;;;;. The Labute approximate surface area is 168 Å². The molecule has 0 nitrogen and oxygen atoms in total. The van der Waals surface area contributed by atoms with Crippen molar-refractivity contribution in [2.24, 2.45) is 0 Å². The summed E-state index contributed by atoms with van der Waals surface area (Å²) < 4.78 is 0. The number of fused-ring (bicyclic) bond motifs is 2. The summed E-state index contributed by atoms with van der Waals surface area (Å²) >= 11 is 0. The smallest absolute Gasteiger partial charge is 0.0184 e. The molecule has 0 aliphatic rings. The van der Waals surface area contributed by atoms with E-state index in [0.29, 0.717) is 0 Å². The van der Waals surface area contributed by atoms with Gasteiger partial charge in [-0.3, -0.25) is 0 Å². The van der Waals surface area contributed by atoms with E-state index in [-0.39, 0.29) is 37.7 Å². The van der Waals surface area contributed by atoms with Gasteiger partial charge in [0.15, 0.2) is 0 Å². The molecule has 0 aromatic heterocycles. The van der Waals surface area contributed by atoms with Crippen LogP contribution >= 0.6 is 0 Å². The average Bonchev–Trinajstić information content (AvgIpc) is 2.62. The van der Waals surface area contributed by atoms with Crippen molar-refractivity contribution in [3.8, 4) is 0 Å². The van der Waals surface area contributed by atoms with Crippen molar-refractivity contribution in [2.45, 2.75) is 13.3 Å². The summed E-state index contributed by atoms with van der Waals surface area (Å²) in [6.07, 6.45) is 1.11. The Balaban J connectivity index is 0.000000224. The Morgan fingerprint density at radius 1 is 0.500 bits per heavy atom. The van der Waals surface area contributed by atoms with Crippen LogP contribution in [0, 0.1) is 0 Å². The van der Waals surface area contributed by atoms with E-state index in [9.17, 15) is 0 Å². The first kappa shape index (κ1) is 20.6. The molecule has 0 atom stereocenters. The van der Waals surface area contributed by atoms with E-state index in [0.717, 1.165) is 6.42 Å². The van der Waals surface area contributed by atoms with Gasteiger partial charge in [0.05, 0.1) is 0 Å². The van der Waals surface area contributed by atoms with E-state index >= 15 is 0 Å². The van der Waals surface area contributed by atoms with Gasteiger partial charge in [0.25, 0.3) is 0 Å². The van der Waals surface area contributed by atoms with Crippen LogP contribution in [-0.2, 0) is 6.42 Å². The molecule has 0 fully saturated rings. The third kappa shape index (κ3) is 5.04. The predicted molar refractivity (Wildman–Crippen MR) is 112 cm³/mol. The van der Waals surface area contributed by atoms with E-state index < -0.39 is 0 Å². The topological polar surface area (TPSA) is 0 Å². The maximum atomic E-state index is 2.20. The summed E-state index contributed by atoms with van der Waals surface area (Å²) in [7, 11) is 0. The van der Waals surface area contributed by atoms with Gasteiger partial charge in [-0.25, -0.2) is 0 Å². The van der Waals surface area contributed by atoms with E-state index in [1.54, 1.807) is 0 Å². The first-order valence-corrected chi connectivity index (χ1v) is 7.79. The molecule has 0 aliphatic heterocycles. The Hall–Kier alpha value is -1.41. The zero-order chi connectivity index (χ0) is 15.2. The fraction of sp³-hybridized carbons (Fsp3) is 0.0909. The molecule has 0 saturated carbocycles. The van der Waals surface area contributed by atoms with Gasteiger partial charge in [0.2, 0.25) is 0 Å². The summed E-state index contributed by atoms with van der Waals surface area (Å²) in [4.78, 5) is 0. The van der Waals surface area contributed by atoms with Crippen molar-refractivity contribution < 1.29 is 0 Å². The molecule has 0 saturated heterocycles. The molecular weight excluding hydrogens is 278 g/mol. The van der Waals surface area contributed by atoms with Crippen LogP contribution in [0.15, 0.2) is 91.0 Å². The molecule has 4 aromatic rings. The van der Waals surface area contributed by atoms with Gasteiger partial charge in [-0.15, -0.1) is 0 Å². The van der Waals surface area contributed by atoms with Gasteiger partial charge in [0.1, 0.15) is 0 Å². The van der Waals surface area contributed by atoms with E-state index in [2.05, 4.69) is 97.9 Å². The van der Waals surface area contributed by atoms with Crippen molar-refractivity contribution in [3.63, 3.8) is 0 Å². The Bertz CT molecular complexity index is 814. The van der Waals surface area contributed by atoms with Crippen molar-refractivity contribution in [3.05, 3.63) is 96.6 Å². The number of rotatable bonds is 1. The molecule has 24 heavy (non-hydrogen) atoms. The average molecular weight is 300 g/mol. The summed E-state index contributed by atoms with van der Waals surface area (Å²) in [5.74, 6) is 0. The van der Waals surface area contributed by atoms with E-state index in [4.69, 9.17) is 0 Å². The molecule has 0 aliphatic carbocycles. The number of hydrogen-bond acceptors (Lipinski definition) is 0. The molecule has 0 radical (unpaired) electrons. The molecule has 0 N–H and O–H groups in total. The largest absolute Gasteiger partial charge is 0.0616 e. The van der Waals surface area contributed by atoms with Crippen molar-refractivity contribution in [2.75, 3.05) is 0 Å². The summed E-state index contributed by atoms with van der Waals surface area (Å²) in [5, 5.41) is 5.36.